The summed E-state index contributed by atoms with van der Waals surface area (Å²) >= 11 is 0. The molecule has 0 aliphatic carbocycles. The summed E-state index contributed by atoms with van der Waals surface area (Å²) < 4.78 is 2.41. The molecule has 0 amide bonds. The Morgan fingerprint density at radius 1 is 0.344 bits per heavy atom. The Labute approximate surface area is 352 Å². The van der Waals surface area contributed by atoms with E-state index >= 15 is 0 Å². The molecule has 0 fully saturated rings. The molecule has 284 valence electrons. The fourth-order valence-electron chi connectivity index (χ4n) is 9.10. The first-order chi connectivity index (χ1) is 30.2. The van der Waals surface area contributed by atoms with Crippen LogP contribution in [0.5, 0.6) is 0 Å². The van der Waals surface area contributed by atoms with Crippen molar-refractivity contribution in [1.29, 1.82) is 0 Å². The molecule has 0 saturated carbocycles. The van der Waals surface area contributed by atoms with Gasteiger partial charge in [0.05, 0.1) is 33.6 Å². The first kappa shape index (κ1) is 34.8. The maximum atomic E-state index is 5.50. The molecular formula is C57H36N4. The third kappa shape index (κ3) is 5.88. The SMILES string of the molecule is c1ccc(-c2ccc(-c3cc(-c4ccccc4)nc(-c4ccc(-n5c6ccccc6c6c(-c7cc8ccccc8c8ccccc78)nc7ccccc7c65)cc4)n3)cc2)cc1. The lowest BCUT2D eigenvalue weighted by atomic mass is 9.93. The zero-order valence-electron chi connectivity index (χ0n) is 33.1. The number of nitrogens with zero attached hydrogens (tertiary/aromatic N) is 4. The van der Waals surface area contributed by atoms with Crippen molar-refractivity contribution in [2.24, 2.45) is 0 Å². The van der Waals surface area contributed by atoms with Crippen molar-refractivity contribution in [3.05, 3.63) is 218 Å². The normalized spacial score (nSPS) is 11.6. The van der Waals surface area contributed by atoms with E-state index in [0.29, 0.717) is 5.82 Å². The number of hydrogen-bond donors (Lipinski definition) is 0. The Hall–Kier alpha value is -8.21. The van der Waals surface area contributed by atoms with Crippen LogP contribution in [0.4, 0.5) is 0 Å². The average Bonchev–Trinajstić information content (AvgIpc) is 3.70. The lowest BCUT2D eigenvalue weighted by molar-refractivity contribution is 1.17. The predicted octanol–water partition coefficient (Wildman–Crippen LogP) is 14.8. The van der Waals surface area contributed by atoms with E-state index in [0.717, 1.165) is 77.7 Å². The summed E-state index contributed by atoms with van der Waals surface area (Å²) in [6, 6.07) is 77.3. The maximum Gasteiger partial charge on any atom is 0.160 e. The zero-order chi connectivity index (χ0) is 40.3. The van der Waals surface area contributed by atoms with E-state index < -0.39 is 0 Å². The molecule has 3 heterocycles. The van der Waals surface area contributed by atoms with Gasteiger partial charge in [-0.15, -0.1) is 0 Å². The summed E-state index contributed by atoms with van der Waals surface area (Å²) in [6.45, 7) is 0. The number of para-hydroxylation sites is 2. The molecule has 0 unspecified atom stereocenters. The van der Waals surface area contributed by atoms with Gasteiger partial charge in [0.15, 0.2) is 5.82 Å². The van der Waals surface area contributed by atoms with Crippen LogP contribution in [0.15, 0.2) is 218 Å². The van der Waals surface area contributed by atoms with Gasteiger partial charge >= 0.3 is 0 Å². The van der Waals surface area contributed by atoms with Gasteiger partial charge in [0.1, 0.15) is 0 Å². The molecule has 9 aromatic carbocycles. The zero-order valence-corrected chi connectivity index (χ0v) is 33.1. The smallest absolute Gasteiger partial charge is 0.160 e. The van der Waals surface area contributed by atoms with E-state index in [9.17, 15) is 0 Å². The third-order valence-electron chi connectivity index (χ3n) is 12.0. The minimum atomic E-state index is 0.678. The van der Waals surface area contributed by atoms with E-state index in [1.54, 1.807) is 0 Å². The van der Waals surface area contributed by atoms with Gasteiger partial charge in [0, 0.05) is 44.1 Å². The molecule has 0 N–H and O–H groups in total. The molecule has 0 aliphatic rings. The fraction of sp³-hybridized carbons (Fsp3) is 0. The van der Waals surface area contributed by atoms with Crippen molar-refractivity contribution in [2.45, 2.75) is 0 Å². The first-order valence-corrected chi connectivity index (χ1v) is 20.7. The van der Waals surface area contributed by atoms with Crippen LogP contribution < -0.4 is 0 Å². The highest BCUT2D eigenvalue weighted by Gasteiger charge is 2.22. The van der Waals surface area contributed by atoms with Crippen LogP contribution in [0.1, 0.15) is 0 Å². The monoisotopic (exact) mass is 776 g/mol. The summed E-state index contributed by atoms with van der Waals surface area (Å²) in [4.78, 5) is 15.9. The van der Waals surface area contributed by atoms with Gasteiger partial charge in [-0.25, -0.2) is 15.0 Å². The quantitative estimate of drug-likeness (QED) is 0.158. The predicted molar refractivity (Wildman–Crippen MR) is 254 cm³/mol. The Morgan fingerprint density at radius 2 is 0.869 bits per heavy atom. The molecule has 4 nitrogen and oxygen atoms in total. The van der Waals surface area contributed by atoms with Crippen LogP contribution in [0.25, 0.3) is 116 Å². The van der Waals surface area contributed by atoms with E-state index in [1.165, 1.54) is 32.7 Å². The minimum Gasteiger partial charge on any atom is -0.308 e. The molecule has 61 heavy (non-hydrogen) atoms. The van der Waals surface area contributed by atoms with Crippen molar-refractivity contribution in [2.75, 3.05) is 0 Å². The van der Waals surface area contributed by atoms with Crippen LogP contribution in [0.2, 0.25) is 0 Å². The van der Waals surface area contributed by atoms with Crippen molar-refractivity contribution in [3.8, 4) is 62.0 Å². The van der Waals surface area contributed by atoms with Gasteiger partial charge in [-0.2, -0.15) is 0 Å². The number of aromatic nitrogens is 4. The molecule has 12 rings (SSSR count). The summed E-state index contributed by atoms with van der Waals surface area (Å²) in [7, 11) is 0. The number of fused-ring (bicyclic) bond motifs is 8. The molecule has 0 aliphatic heterocycles. The van der Waals surface area contributed by atoms with E-state index in [-0.39, 0.29) is 0 Å². The van der Waals surface area contributed by atoms with Crippen LogP contribution in [-0.4, -0.2) is 19.5 Å². The summed E-state index contributed by atoms with van der Waals surface area (Å²) in [5.41, 5.74) is 13.5. The van der Waals surface area contributed by atoms with Gasteiger partial charge in [-0.3, -0.25) is 0 Å². The Bertz CT molecular complexity index is 3610. The van der Waals surface area contributed by atoms with Gasteiger partial charge in [0.25, 0.3) is 0 Å². The maximum absolute atomic E-state index is 5.50. The summed E-state index contributed by atoms with van der Waals surface area (Å²) in [5.74, 6) is 0.678. The molecule has 12 aromatic rings. The fourth-order valence-corrected chi connectivity index (χ4v) is 9.10. The number of pyridine rings is 1. The molecule has 0 radical (unpaired) electrons. The molecule has 0 spiro atoms. The molecule has 0 bridgehead atoms. The first-order valence-electron chi connectivity index (χ1n) is 20.7. The van der Waals surface area contributed by atoms with E-state index in [4.69, 9.17) is 15.0 Å². The van der Waals surface area contributed by atoms with Crippen molar-refractivity contribution >= 4 is 54.3 Å². The van der Waals surface area contributed by atoms with Crippen molar-refractivity contribution in [1.82, 2.24) is 19.5 Å². The molecule has 4 heteroatoms. The Balaban J connectivity index is 1.04. The second-order valence-electron chi connectivity index (χ2n) is 15.6. The highest BCUT2D eigenvalue weighted by atomic mass is 15.0. The summed E-state index contributed by atoms with van der Waals surface area (Å²) in [5, 5.41) is 8.26. The van der Waals surface area contributed by atoms with Gasteiger partial charge in [-0.1, -0.05) is 170 Å². The second-order valence-corrected chi connectivity index (χ2v) is 15.6. The van der Waals surface area contributed by atoms with E-state index in [2.05, 4.69) is 211 Å². The number of benzene rings is 9. The molecule has 0 atom stereocenters. The van der Waals surface area contributed by atoms with E-state index in [1.807, 2.05) is 12.1 Å². The van der Waals surface area contributed by atoms with Gasteiger partial charge < -0.3 is 4.57 Å². The van der Waals surface area contributed by atoms with Gasteiger partial charge in [0.2, 0.25) is 0 Å². The lowest BCUT2D eigenvalue weighted by Crippen LogP contribution is -1.98. The standard InChI is InChI=1S/C57H36N4/c1-3-15-37(16-4-1)38-27-29-40(30-28-38)52-36-51(39-17-5-2-6-18-39)59-57(60-52)41-31-33-43(34-32-41)61-53-26-14-12-24-48(53)54-55(58-50-25-13-11-23-47(50)56(54)61)49-35-42-19-7-8-20-44(42)45-21-9-10-22-46(45)49/h1-36H. The topological polar surface area (TPSA) is 43.6 Å². The minimum absolute atomic E-state index is 0.678. The highest BCUT2D eigenvalue weighted by molar-refractivity contribution is 6.25. The highest BCUT2D eigenvalue weighted by Crippen LogP contribution is 2.44. The second kappa shape index (κ2) is 14.3. The Morgan fingerprint density at radius 3 is 1.61 bits per heavy atom. The van der Waals surface area contributed by atoms with Crippen molar-refractivity contribution < 1.29 is 0 Å². The summed E-state index contributed by atoms with van der Waals surface area (Å²) in [6.07, 6.45) is 0. The third-order valence-corrected chi connectivity index (χ3v) is 12.0. The van der Waals surface area contributed by atoms with Crippen LogP contribution in [0.3, 0.4) is 0 Å². The molecular weight excluding hydrogens is 741 g/mol. The largest absolute Gasteiger partial charge is 0.308 e. The van der Waals surface area contributed by atoms with Gasteiger partial charge in [-0.05, 0) is 81.2 Å². The molecule has 0 saturated heterocycles. The van der Waals surface area contributed by atoms with Crippen LogP contribution >= 0.6 is 0 Å². The van der Waals surface area contributed by atoms with Crippen LogP contribution in [-0.2, 0) is 0 Å². The van der Waals surface area contributed by atoms with Crippen LogP contribution in [0, 0.1) is 0 Å². The lowest BCUT2D eigenvalue weighted by Gasteiger charge is -2.15. The number of rotatable bonds is 6. The Kier molecular flexibility index (Phi) is 8.13. The number of hydrogen-bond acceptors (Lipinski definition) is 3. The van der Waals surface area contributed by atoms with Crippen molar-refractivity contribution in [3.63, 3.8) is 0 Å². The molecule has 3 aromatic heterocycles. The average molecular weight is 777 g/mol.